The van der Waals surface area contributed by atoms with E-state index in [0.29, 0.717) is 10.6 Å². The van der Waals surface area contributed by atoms with Crippen molar-refractivity contribution in [3.05, 3.63) is 70.1 Å². The minimum Gasteiger partial charge on any atom is -0.452 e. The molecule has 1 N–H and O–H groups in total. The van der Waals surface area contributed by atoms with Crippen molar-refractivity contribution < 1.29 is 14.3 Å². The number of nitrogens with one attached hydrogen (secondary N) is 1. The summed E-state index contributed by atoms with van der Waals surface area (Å²) in [4.78, 5) is 25.3. The molecule has 0 saturated carbocycles. The average Bonchev–Trinajstić information content (AvgIpc) is 3.31. The summed E-state index contributed by atoms with van der Waals surface area (Å²) in [5, 5.41) is 14.7. The molecule has 0 spiro atoms. The molecule has 5 nitrogen and oxygen atoms in total. The molecule has 1 aromatic heterocycles. The number of fused-ring (bicyclic) bond motifs is 2. The van der Waals surface area contributed by atoms with Gasteiger partial charge in [-0.1, -0.05) is 42.5 Å². The molecule has 0 fully saturated rings. The van der Waals surface area contributed by atoms with E-state index in [9.17, 15) is 14.9 Å². The Kier molecular flexibility index (Phi) is 5.41. The zero-order chi connectivity index (χ0) is 20.2. The summed E-state index contributed by atoms with van der Waals surface area (Å²) in [6.07, 6.45) is 5.86. The van der Waals surface area contributed by atoms with Gasteiger partial charge in [0.25, 0.3) is 5.91 Å². The van der Waals surface area contributed by atoms with Gasteiger partial charge in [0.2, 0.25) is 0 Å². The number of carbonyl (C=O) groups is 2. The summed E-state index contributed by atoms with van der Waals surface area (Å²) in [5.74, 6) is -1.05. The highest BCUT2D eigenvalue weighted by atomic mass is 32.1. The van der Waals surface area contributed by atoms with Crippen molar-refractivity contribution >= 4 is 45.1 Å². The lowest BCUT2D eigenvalue weighted by atomic mass is 10.0. The van der Waals surface area contributed by atoms with Crippen molar-refractivity contribution in [3.63, 3.8) is 0 Å². The first-order valence-electron chi connectivity index (χ1n) is 9.33. The third-order valence-electron chi connectivity index (χ3n) is 4.85. The molecule has 0 aliphatic heterocycles. The van der Waals surface area contributed by atoms with Crippen molar-refractivity contribution in [2.45, 2.75) is 19.3 Å². The van der Waals surface area contributed by atoms with Gasteiger partial charge in [0.15, 0.2) is 6.61 Å². The standard InChI is InChI=1S/C23H18N2O3S/c24-13-19-18-9-4-10-20(18)29-23(19)25-21(26)14-28-22(27)12-11-16-7-3-6-15-5-1-2-8-17(15)16/h1-3,5-8,11-12H,4,9-10,14H2,(H,25,26). The van der Waals surface area contributed by atoms with Crippen LogP contribution in [-0.4, -0.2) is 18.5 Å². The molecule has 0 radical (unpaired) electrons. The van der Waals surface area contributed by atoms with Crippen molar-refractivity contribution in [1.29, 1.82) is 5.26 Å². The Labute approximate surface area is 172 Å². The first-order chi connectivity index (χ1) is 14.2. The predicted molar refractivity (Wildman–Crippen MR) is 114 cm³/mol. The maximum absolute atomic E-state index is 12.1. The van der Waals surface area contributed by atoms with Crippen molar-refractivity contribution in [2.75, 3.05) is 11.9 Å². The quantitative estimate of drug-likeness (QED) is 0.505. The second-order valence-corrected chi connectivity index (χ2v) is 7.84. The van der Waals surface area contributed by atoms with E-state index >= 15 is 0 Å². The van der Waals surface area contributed by atoms with E-state index in [1.54, 1.807) is 6.08 Å². The van der Waals surface area contributed by atoms with Gasteiger partial charge in [-0.05, 0) is 47.2 Å². The van der Waals surface area contributed by atoms with Gasteiger partial charge >= 0.3 is 5.97 Å². The number of thiophene rings is 1. The molecule has 144 valence electrons. The van der Waals surface area contributed by atoms with E-state index in [4.69, 9.17) is 4.74 Å². The van der Waals surface area contributed by atoms with Crippen LogP contribution >= 0.6 is 11.3 Å². The number of ether oxygens (including phenoxy) is 1. The van der Waals surface area contributed by atoms with Crippen LogP contribution in [-0.2, 0) is 27.2 Å². The van der Waals surface area contributed by atoms with E-state index in [2.05, 4.69) is 11.4 Å². The number of esters is 1. The number of rotatable bonds is 5. The number of carbonyl (C=O) groups excluding carboxylic acids is 2. The number of hydrogen-bond donors (Lipinski definition) is 1. The first-order valence-corrected chi connectivity index (χ1v) is 10.1. The lowest BCUT2D eigenvalue weighted by molar-refractivity contribution is -0.142. The van der Waals surface area contributed by atoms with Crippen LogP contribution in [0.4, 0.5) is 5.00 Å². The fourth-order valence-electron chi connectivity index (χ4n) is 3.51. The monoisotopic (exact) mass is 402 g/mol. The van der Waals surface area contributed by atoms with Crippen LogP contribution in [0.3, 0.4) is 0 Å². The third kappa shape index (κ3) is 4.05. The number of hydrogen-bond acceptors (Lipinski definition) is 5. The van der Waals surface area contributed by atoms with Crippen LogP contribution in [0.2, 0.25) is 0 Å². The topological polar surface area (TPSA) is 79.2 Å². The molecule has 1 amide bonds. The highest BCUT2D eigenvalue weighted by Gasteiger charge is 2.23. The van der Waals surface area contributed by atoms with E-state index in [-0.39, 0.29) is 0 Å². The smallest absolute Gasteiger partial charge is 0.331 e. The summed E-state index contributed by atoms with van der Waals surface area (Å²) in [5.41, 5.74) is 2.48. The van der Waals surface area contributed by atoms with E-state index in [1.165, 1.54) is 17.4 Å². The molecule has 2 aromatic carbocycles. The van der Waals surface area contributed by atoms with Crippen LogP contribution in [0, 0.1) is 11.3 Å². The Balaban J connectivity index is 1.36. The SMILES string of the molecule is N#Cc1c(NC(=O)COC(=O)C=Cc2cccc3ccccc23)sc2c1CCC2. The van der Waals surface area contributed by atoms with Crippen LogP contribution in [0.25, 0.3) is 16.8 Å². The summed E-state index contributed by atoms with van der Waals surface area (Å²) in [6.45, 7) is -0.397. The Morgan fingerprint density at radius 2 is 2.00 bits per heavy atom. The average molecular weight is 402 g/mol. The normalized spacial score (nSPS) is 12.7. The predicted octanol–water partition coefficient (Wildman–Crippen LogP) is 4.46. The first kappa shape index (κ1) is 18.9. The maximum Gasteiger partial charge on any atom is 0.331 e. The van der Waals surface area contributed by atoms with Gasteiger partial charge in [-0.3, -0.25) is 4.79 Å². The molecule has 3 aromatic rings. The molecule has 0 saturated heterocycles. The van der Waals surface area contributed by atoms with Gasteiger partial charge in [0.05, 0.1) is 5.56 Å². The number of aryl methyl sites for hydroxylation is 1. The molecule has 1 aliphatic rings. The molecule has 1 aliphatic carbocycles. The number of nitrogens with zero attached hydrogens (tertiary/aromatic N) is 1. The zero-order valence-corrected chi connectivity index (χ0v) is 16.4. The van der Waals surface area contributed by atoms with Gasteiger partial charge in [-0.15, -0.1) is 11.3 Å². The van der Waals surface area contributed by atoms with Gasteiger partial charge in [0.1, 0.15) is 11.1 Å². The molecular weight excluding hydrogens is 384 g/mol. The molecule has 4 rings (SSSR count). The Hall–Kier alpha value is -3.43. The second-order valence-electron chi connectivity index (χ2n) is 6.73. The van der Waals surface area contributed by atoms with Gasteiger partial charge in [-0.2, -0.15) is 5.26 Å². The van der Waals surface area contributed by atoms with Crippen molar-refractivity contribution in [3.8, 4) is 6.07 Å². The lowest BCUT2D eigenvalue weighted by Crippen LogP contribution is -2.20. The summed E-state index contributed by atoms with van der Waals surface area (Å²) < 4.78 is 5.04. The maximum atomic E-state index is 12.1. The van der Waals surface area contributed by atoms with Crippen LogP contribution in [0.5, 0.6) is 0 Å². The Bertz CT molecular complexity index is 1170. The fraction of sp³-hybridized carbons (Fsp3) is 0.174. The van der Waals surface area contributed by atoms with Crippen molar-refractivity contribution in [2.24, 2.45) is 0 Å². The number of benzene rings is 2. The van der Waals surface area contributed by atoms with E-state index in [1.807, 2.05) is 42.5 Å². The summed E-state index contributed by atoms with van der Waals surface area (Å²) >= 11 is 1.44. The minimum atomic E-state index is -0.595. The summed E-state index contributed by atoms with van der Waals surface area (Å²) in [6, 6.07) is 15.9. The molecule has 0 bridgehead atoms. The Morgan fingerprint density at radius 3 is 2.86 bits per heavy atom. The number of anilines is 1. The molecule has 0 atom stereocenters. The zero-order valence-electron chi connectivity index (χ0n) is 15.6. The van der Waals surface area contributed by atoms with Gasteiger partial charge in [-0.25, -0.2) is 4.79 Å². The fourth-order valence-corrected chi connectivity index (χ4v) is 4.77. The largest absolute Gasteiger partial charge is 0.452 e. The molecular formula is C23H18N2O3S. The molecule has 6 heteroatoms. The highest BCUT2D eigenvalue weighted by molar-refractivity contribution is 7.16. The minimum absolute atomic E-state index is 0.397. The lowest BCUT2D eigenvalue weighted by Gasteiger charge is -2.05. The second kappa shape index (κ2) is 8.29. The molecule has 0 unspecified atom stereocenters. The van der Waals surface area contributed by atoms with Crippen LogP contribution < -0.4 is 5.32 Å². The van der Waals surface area contributed by atoms with Crippen LogP contribution in [0.15, 0.2) is 48.5 Å². The summed E-state index contributed by atoms with van der Waals surface area (Å²) in [7, 11) is 0. The number of amides is 1. The third-order valence-corrected chi connectivity index (χ3v) is 6.06. The molecule has 1 heterocycles. The van der Waals surface area contributed by atoms with Crippen molar-refractivity contribution in [1.82, 2.24) is 0 Å². The van der Waals surface area contributed by atoms with E-state index < -0.39 is 18.5 Å². The Morgan fingerprint density at radius 1 is 1.17 bits per heavy atom. The van der Waals surface area contributed by atoms with Gasteiger partial charge in [0, 0.05) is 11.0 Å². The number of nitriles is 1. The van der Waals surface area contributed by atoms with Crippen LogP contribution in [0.1, 0.15) is 28.0 Å². The molecule has 29 heavy (non-hydrogen) atoms. The van der Waals surface area contributed by atoms with Gasteiger partial charge < -0.3 is 10.1 Å². The highest BCUT2D eigenvalue weighted by Crippen LogP contribution is 2.38. The van der Waals surface area contributed by atoms with E-state index in [0.717, 1.165) is 46.0 Å².